The summed E-state index contributed by atoms with van der Waals surface area (Å²) in [4.78, 5) is 0. The van der Waals surface area contributed by atoms with Gasteiger partial charge in [-0.3, -0.25) is 0 Å². The minimum atomic E-state index is -0.491. The quantitative estimate of drug-likeness (QED) is 0.904. The number of methoxy groups -OCH3 is 2. The van der Waals surface area contributed by atoms with Crippen molar-refractivity contribution in [1.29, 1.82) is 0 Å². The van der Waals surface area contributed by atoms with Crippen molar-refractivity contribution >= 4 is 11.6 Å². The lowest BCUT2D eigenvalue weighted by Crippen LogP contribution is -2.20. The Bertz CT molecular complexity index is 461. The molecule has 1 fully saturated rings. The van der Waals surface area contributed by atoms with Crippen molar-refractivity contribution in [2.24, 2.45) is 11.8 Å². The molecule has 1 aliphatic carbocycles. The van der Waals surface area contributed by atoms with E-state index in [-0.39, 0.29) is 0 Å². The molecule has 4 heteroatoms. The van der Waals surface area contributed by atoms with Crippen LogP contribution in [0, 0.1) is 11.8 Å². The monoisotopic (exact) mass is 298 g/mol. The van der Waals surface area contributed by atoms with E-state index in [0.717, 1.165) is 18.4 Å². The van der Waals surface area contributed by atoms with Crippen molar-refractivity contribution in [1.82, 2.24) is 0 Å². The van der Waals surface area contributed by atoms with Gasteiger partial charge in [0.1, 0.15) is 0 Å². The highest BCUT2D eigenvalue weighted by Gasteiger charge is 2.27. The van der Waals surface area contributed by atoms with E-state index in [1.54, 1.807) is 20.3 Å². The minimum Gasteiger partial charge on any atom is -0.493 e. The summed E-state index contributed by atoms with van der Waals surface area (Å²) in [5.41, 5.74) is 0.812. The SMILES string of the molecule is COc1cc(C(O)C2CCCC(C)C2)cc(Cl)c1OC. The lowest BCUT2D eigenvalue weighted by atomic mass is 9.78. The summed E-state index contributed by atoms with van der Waals surface area (Å²) < 4.78 is 10.5. The van der Waals surface area contributed by atoms with Gasteiger partial charge >= 0.3 is 0 Å². The molecule has 20 heavy (non-hydrogen) atoms. The van der Waals surface area contributed by atoms with Gasteiger partial charge in [-0.2, -0.15) is 0 Å². The maximum Gasteiger partial charge on any atom is 0.179 e. The molecule has 3 nitrogen and oxygen atoms in total. The Morgan fingerprint density at radius 2 is 2.00 bits per heavy atom. The van der Waals surface area contributed by atoms with Gasteiger partial charge in [-0.05, 0) is 42.4 Å². The van der Waals surface area contributed by atoms with Gasteiger partial charge in [-0.25, -0.2) is 0 Å². The molecule has 0 aromatic heterocycles. The first-order valence-electron chi connectivity index (χ1n) is 7.16. The first-order chi connectivity index (χ1) is 9.56. The Kier molecular flexibility index (Phi) is 5.17. The molecule has 0 bridgehead atoms. The lowest BCUT2D eigenvalue weighted by molar-refractivity contribution is 0.0712. The van der Waals surface area contributed by atoms with Gasteiger partial charge in [0.25, 0.3) is 0 Å². The molecule has 1 aromatic rings. The number of benzene rings is 1. The second-order valence-electron chi connectivity index (χ2n) is 5.71. The zero-order valence-corrected chi connectivity index (χ0v) is 13.1. The summed E-state index contributed by atoms with van der Waals surface area (Å²) in [5, 5.41) is 11.1. The molecule has 0 spiro atoms. The summed E-state index contributed by atoms with van der Waals surface area (Å²) >= 11 is 6.21. The molecule has 0 amide bonds. The fourth-order valence-corrected chi connectivity index (χ4v) is 3.44. The first kappa shape index (κ1) is 15.5. The van der Waals surface area contributed by atoms with Crippen LogP contribution in [0.2, 0.25) is 5.02 Å². The summed E-state index contributed by atoms with van der Waals surface area (Å²) in [6.45, 7) is 2.25. The van der Waals surface area contributed by atoms with Crippen LogP contribution in [0.1, 0.15) is 44.3 Å². The second kappa shape index (κ2) is 6.68. The number of aliphatic hydroxyl groups excluding tert-OH is 1. The van der Waals surface area contributed by atoms with Crippen molar-refractivity contribution in [3.05, 3.63) is 22.7 Å². The van der Waals surface area contributed by atoms with Gasteiger partial charge < -0.3 is 14.6 Å². The molecule has 1 saturated carbocycles. The topological polar surface area (TPSA) is 38.7 Å². The molecular weight excluding hydrogens is 276 g/mol. The molecular formula is C16H23ClO3. The molecule has 0 aliphatic heterocycles. The largest absolute Gasteiger partial charge is 0.493 e. The Morgan fingerprint density at radius 3 is 2.60 bits per heavy atom. The van der Waals surface area contributed by atoms with Crippen LogP contribution in [0.4, 0.5) is 0 Å². The molecule has 0 saturated heterocycles. The zero-order chi connectivity index (χ0) is 14.7. The van der Waals surface area contributed by atoms with Crippen molar-refractivity contribution in [3.63, 3.8) is 0 Å². The van der Waals surface area contributed by atoms with Crippen LogP contribution in [-0.2, 0) is 0 Å². The molecule has 1 aromatic carbocycles. The molecule has 0 heterocycles. The number of halogens is 1. The van der Waals surface area contributed by atoms with Gasteiger partial charge in [0, 0.05) is 0 Å². The Balaban J connectivity index is 2.25. The van der Waals surface area contributed by atoms with Crippen LogP contribution in [0.25, 0.3) is 0 Å². The second-order valence-corrected chi connectivity index (χ2v) is 6.12. The third-order valence-corrected chi connectivity index (χ3v) is 4.50. The van der Waals surface area contributed by atoms with Crippen molar-refractivity contribution in [2.45, 2.75) is 38.7 Å². The van der Waals surface area contributed by atoms with Gasteiger partial charge in [-0.15, -0.1) is 0 Å². The molecule has 3 unspecified atom stereocenters. The van der Waals surface area contributed by atoms with Gasteiger partial charge in [-0.1, -0.05) is 31.4 Å². The average molecular weight is 299 g/mol. The van der Waals surface area contributed by atoms with E-state index in [1.165, 1.54) is 12.8 Å². The Hall–Kier alpha value is -0.930. The highest BCUT2D eigenvalue weighted by Crippen LogP contribution is 2.42. The smallest absolute Gasteiger partial charge is 0.179 e. The Labute approximate surface area is 125 Å². The Morgan fingerprint density at radius 1 is 1.25 bits per heavy atom. The van der Waals surface area contributed by atoms with Crippen LogP contribution in [0.15, 0.2) is 12.1 Å². The van der Waals surface area contributed by atoms with Crippen LogP contribution in [0.5, 0.6) is 11.5 Å². The zero-order valence-electron chi connectivity index (χ0n) is 12.4. The molecule has 1 N–H and O–H groups in total. The number of hydrogen-bond acceptors (Lipinski definition) is 3. The molecule has 0 radical (unpaired) electrons. The van der Waals surface area contributed by atoms with Crippen molar-refractivity contribution < 1.29 is 14.6 Å². The van der Waals surface area contributed by atoms with E-state index in [9.17, 15) is 5.11 Å². The fourth-order valence-electron chi connectivity index (χ4n) is 3.15. The predicted octanol–water partition coefficient (Wildman–Crippen LogP) is 4.22. The van der Waals surface area contributed by atoms with Crippen molar-refractivity contribution in [2.75, 3.05) is 14.2 Å². The number of aliphatic hydroxyl groups is 1. The molecule has 1 aliphatic rings. The van der Waals surface area contributed by atoms with Crippen LogP contribution < -0.4 is 9.47 Å². The third-order valence-electron chi connectivity index (χ3n) is 4.22. The number of hydrogen-bond donors (Lipinski definition) is 1. The van der Waals surface area contributed by atoms with Gasteiger partial charge in [0.2, 0.25) is 0 Å². The van der Waals surface area contributed by atoms with Crippen LogP contribution >= 0.6 is 11.6 Å². The normalized spacial score (nSPS) is 24.2. The molecule has 3 atom stereocenters. The fraction of sp³-hybridized carbons (Fsp3) is 0.625. The van der Waals surface area contributed by atoms with E-state index in [4.69, 9.17) is 21.1 Å². The van der Waals surface area contributed by atoms with Crippen molar-refractivity contribution in [3.8, 4) is 11.5 Å². The predicted molar refractivity (Wildman–Crippen MR) is 80.6 cm³/mol. The lowest BCUT2D eigenvalue weighted by Gasteiger charge is -2.31. The molecule has 112 valence electrons. The minimum absolute atomic E-state index is 0.299. The number of rotatable bonds is 4. The third kappa shape index (κ3) is 3.21. The highest BCUT2D eigenvalue weighted by molar-refractivity contribution is 6.32. The summed E-state index contributed by atoms with van der Waals surface area (Å²) in [6.07, 6.45) is 4.08. The van der Waals surface area contributed by atoms with Crippen LogP contribution in [0.3, 0.4) is 0 Å². The highest BCUT2D eigenvalue weighted by atomic mass is 35.5. The van der Waals surface area contributed by atoms with E-state index in [1.807, 2.05) is 6.07 Å². The first-order valence-corrected chi connectivity index (χ1v) is 7.54. The van der Waals surface area contributed by atoms with E-state index in [0.29, 0.717) is 28.4 Å². The van der Waals surface area contributed by atoms with Gasteiger partial charge in [0.05, 0.1) is 25.3 Å². The molecule has 2 rings (SSSR count). The summed E-state index contributed by atoms with van der Waals surface area (Å²) in [6, 6.07) is 3.61. The van der Waals surface area contributed by atoms with E-state index >= 15 is 0 Å². The standard InChI is InChI=1S/C16H23ClO3/c1-10-5-4-6-11(7-10)15(18)12-8-13(17)16(20-3)14(9-12)19-2/h8-11,15,18H,4-7H2,1-3H3. The summed E-state index contributed by atoms with van der Waals surface area (Å²) in [5.74, 6) is 2.06. The van der Waals surface area contributed by atoms with E-state index in [2.05, 4.69) is 6.92 Å². The van der Waals surface area contributed by atoms with Crippen LogP contribution in [-0.4, -0.2) is 19.3 Å². The average Bonchev–Trinajstić information content (AvgIpc) is 2.45. The maximum atomic E-state index is 10.6. The van der Waals surface area contributed by atoms with E-state index < -0.39 is 6.10 Å². The maximum absolute atomic E-state index is 10.6. The number of ether oxygens (including phenoxy) is 2. The summed E-state index contributed by atoms with van der Waals surface area (Å²) in [7, 11) is 3.13. The van der Waals surface area contributed by atoms with Gasteiger partial charge in [0.15, 0.2) is 11.5 Å².